The van der Waals surface area contributed by atoms with Crippen molar-refractivity contribution in [3.8, 4) is 6.07 Å². The molecule has 0 aliphatic rings. The van der Waals surface area contributed by atoms with Crippen LogP contribution in [0, 0.1) is 34.2 Å². The summed E-state index contributed by atoms with van der Waals surface area (Å²) in [4.78, 5) is 19.7. The summed E-state index contributed by atoms with van der Waals surface area (Å²) in [6, 6.07) is 9.60. The minimum atomic E-state index is -1.06. The van der Waals surface area contributed by atoms with Gasteiger partial charge in [-0.15, -0.1) is 0 Å². The molecule has 188 valence electrons. The lowest BCUT2D eigenvalue weighted by Crippen LogP contribution is -2.37. The molecule has 2 aromatic rings. The van der Waals surface area contributed by atoms with E-state index in [0.717, 1.165) is 29.9 Å². The van der Waals surface area contributed by atoms with E-state index in [-0.39, 0.29) is 34.1 Å². The largest absolute Gasteiger partial charge is 0.336 e. The average molecular weight is 509 g/mol. The van der Waals surface area contributed by atoms with Gasteiger partial charge in [0.05, 0.1) is 17.3 Å². The van der Waals surface area contributed by atoms with Crippen molar-refractivity contribution in [2.75, 3.05) is 12.5 Å². The van der Waals surface area contributed by atoms with E-state index >= 15 is 0 Å². The fraction of sp³-hybridized carbons (Fsp3) is 0.360. The van der Waals surface area contributed by atoms with Gasteiger partial charge < -0.3 is 4.90 Å². The monoisotopic (exact) mass is 508 g/mol. The second-order valence-corrected chi connectivity index (χ2v) is 9.09. The third kappa shape index (κ3) is 7.38. The van der Waals surface area contributed by atoms with E-state index in [9.17, 15) is 23.2 Å². The number of rotatable bonds is 11. The van der Waals surface area contributed by atoms with E-state index in [0.29, 0.717) is 6.42 Å². The number of carbonyl (C=O) groups excluding carboxylic acids is 1. The van der Waals surface area contributed by atoms with Crippen molar-refractivity contribution in [2.24, 2.45) is 5.41 Å². The van der Waals surface area contributed by atoms with E-state index in [1.165, 1.54) is 31.3 Å². The molecule has 0 saturated carbocycles. The highest BCUT2D eigenvalue weighted by Crippen LogP contribution is 2.34. The molecule has 2 aromatic carbocycles. The first-order valence-electron chi connectivity index (χ1n) is 11.0. The van der Waals surface area contributed by atoms with Crippen molar-refractivity contribution >= 4 is 23.2 Å². The molecule has 0 atom stereocenters. The van der Waals surface area contributed by atoms with Gasteiger partial charge in [-0.05, 0) is 30.7 Å². The SMILES string of the molecule is CCCCC(C)(C)/C(C#N)=C(/NONc1ccc(Cl)cc1F)C(=O)N(C)Cc1cccc(F)c1F. The topological polar surface area (TPSA) is 77.4 Å². The van der Waals surface area contributed by atoms with E-state index < -0.39 is 28.8 Å². The summed E-state index contributed by atoms with van der Waals surface area (Å²) >= 11 is 5.75. The molecule has 0 radical (unpaired) electrons. The Morgan fingerprint density at radius 3 is 2.54 bits per heavy atom. The highest BCUT2D eigenvalue weighted by molar-refractivity contribution is 6.30. The van der Waals surface area contributed by atoms with Crippen LogP contribution >= 0.6 is 11.6 Å². The van der Waals surface area contributed by atoms with Crippen LogP contribution in [0.2, 0.25) is 5.02 Å². The summed E-state index contributed by atoms with van der Waals surface area (Å²) in [6.45, 7) is 5.37. The smallest absolute Gasteiger partial charge is 0.273 e. The number of carbonyl (C=O) groups is 1. The molecule has 6 nitrogen and oxygen atoms in total. The molecule has 0 aliphatic carbocycles. The number of nitriles is 1. The number of halogens is 4. The number of unbranched alkanes of at least 4 members (excludes halogenated alkanes) is 1. The van der Waals surface area contributed by atoms with Gasteiger partial charge in [0, 0.05) is 29.6 Å². The first-order chi connectivity index (χ1) is 16.5. The Hall–Kier alpha value is -3.22. The number of hydrogen-bond acceptors (Lipinski definition) is 5. The maximum absolute atomic E-state index is 14.2. The zero-order valence-corrected chi connectivity index (χ0v) is 20.8. The first-order valence-corrected chi connectivity index (χ1v) is 11.4. The zero-order chi connectivity index (χ0) is 26.2. The molecule has 2 N–H and O–H groups in total. The highest BCUT2D eigenvalue weighted by atomic mass is 35.5. The third-order valence-corrected chi connectivity index (χ3v) is 5.67. The Bertz CT molecular complexity index is 1130. The van der Waals surface area contributed by atoms with Gasteiger partial charge in [0.2, 0.25) is 0 Å². The van der Waals surface area contributed by atoms with E-state index in [4.69, 9.17) is 16.5 Å². The first kappa shape index (κ1) is 28.0. The fourth-order valence-electron chi connectivity index (χ4n) is 3.38. The lowest BCUT2D eigenvalue weighted by Gasteiger charge is -2.28. The summed E-state index contributed by atoms with van der Waals surface area (Å²) in [7, 11) is 1.38. The highest BCUT2D eigenvalue weighted by Gasteiger charge is 2.31. The number of hydrogen-bond donors (Lipinski definition) is 2. The number of likely N-dealkylation sites (N-methyl/N-ethyl adjacent to an activating group) is 1. The van der Waals surface area contributed by atoms with Crippen LogP contribution in [-0.2, 0) is 16.3 Å². The van der Waals surface area contributed by atoms with Crippen molar-refractivity contribution < 1.29 is 22.9 Å². The van der Waals surface area contributed by atoms with Crippen LogP contribution in [0.3, 0.4) is 0 Å². The minimum Gasteiger partial charge on any atom is -0.336 e. The summed E-state index contributed by atoms with van der Waals surface area (Å²) in [5, 5.41) is 10.1. The lowest BCUT2D eigenvalue weighted by molar-refractivity contribution is -0.128. The summed E-state index contributed by atoms with van der Waals surface area (Å²) in [6.07, 6.45) is 2.29. The molecular formula is C25H28ClF3N4O2. The van der Waals surface area contributed by atoms with Gasteiger partial charge in [-0.1, -0.05) is 57.3 Å². The second-order valence-electron chi connectivity index (χ2n) is 8.65. The maximum Gasteiger partial charge on any atom is 0.273 e. The van der Waals surface area contributed by atoms with Gasteiger partial charge >= 0.3 is 0 Å². The normalized spacial score (nSPS) is 12.0. The van der Waals surface area contributed by atoms with Crippen LogP contribution in [0.5, 0.6) is 0 Å². The van der Waals surface area contributed by atoms with Crippen molar-refractivity contribution in [3.63, 3.8) is 0 Å². The fourth-order valence-corrected chi connectivity index (χ4v) is 3.54. The number of allylic oxidation sites excluding steroid dienone is 1. The average Bonchev–Trinajstić information content (AvgIpc) is 2.80. The molecule has 10 heteroatoms. The van der Waals surface area contributed by atoms with Crippen molar-refractivity contribution in [2.45, 2.75) is 46.6 Å². The Morgan fingerprint density at radius 1 is 1.20 bits per heavy atom. The molecule has 0 aliphatic heterocycles. The lowest BCUT2D eigenvalue weighted by atomic mass is 9.79. The van der Waals surface area contributed by atoms with Gasteiger partial charge in [-0.2, -0.15) is 10.2 Å². The van der Waals surface area contributed by atoms with E-state index in [1.54, 1.807) is 0 Å². The predicted molar refractivity (Wildman–Crippen MR) is 128 cm³/mol. The zero-order valence-electron chi connectivity index (χ0n) is 20.0. The molecule has 0 heterocycles. The molecule has 0 bridgehead atoms. The Kier molecular flexibility index (Phi) is 9.99. The Balaban J connectivity index is 2.36. The Labute approximate surface area is 208 Å². The Morgan fingerprint density at radius 2 is 1.91 bits per heavy atom. The van der Waals surface area contributed by atoms with Crippen LogP contribution in [0.4, 0.5) is 18.9 Å². The molecule has 35 heavy (non-hydrogen) atoms. The van der Waals surface area contributed by atoms with Crippen molar-refractivity contribution in [1.29, 1.82) is 5.26 Å². The van der Waals surface area contributed by atoms with E-state index in [2.05, 4.69) is 17.0 Å². The van der Waals surface area contributed by atoms with Crippen LogP contribution < -0.4 is 11.0 Å². The van der Waals surface area contributed by atoms with Crippen LogP contribution in [0.1, 0.15) is 45.6 Å². The molecule has 0 aromatic heterocycles. The van der Waals surface area contributed by atoms with Gasteiger partial charge in [0.15, 0.2) is 11.6 Å². The van der Waals surface area contributed by atoms with Gasteiger partial charge in [0.25, 0.3) is 5.91 Å². The number of anilines is 1. The quantitative estimate of drug-likeness (QED) is 0.213. The molecule has 0 spiro atoms. The standard InChI is InChI=1S/C25H28ClF3N4O2/c1-5-6-12-25(2,3)18(14-30)23(32-35-31-21-11-10-17(26)13-20(21)28)24(34)33(4)15-16-8-7-9-19(27)22(16)29/h7-11,13,31-32H,5-6,12,15H2,1-4H3/b23-18+. The summed E-state index contributed by atoms with van der Waals surface area (Å²) in [5.74, 6) is -3.49. The summed E-state index contributed by atoms with van der Waals surface area (Å²) in [5.41, 5.74) is 3.83. The van der Waals surface area contributed by atoms with Crippen molar-refractivity contribution in [1.82, 2.24) is 10.4 Å². The molecule has 0 fully saturated rings. The minimum absolute atomic E-state index is 0.0359. The second kappa shape index (κ2) is 12.5. The molecular weight excluding hydrogens is 481 g/mol. The number of hydroxylamine groups is 1. The van der Waals surface area contributed by atoms with Gasteiger partial charge in [-0.25, -0.2) is 24.1 Å². The van der Waals surface area contributed by atoms with Crippen LogP contribution in [0.25, 0.3) is 0 Å². The maximum atomic E-state index is 14.2. The molecule has 0 unspecified atom stereocenters. The van der Waals surface area contributed by atoms with Crippen LogP contribution in [-0.4, -0.2) is 17.9 Å². The number of nitrogens with one attached hydrogen (secondary N) is 2. The molecule has 0 saturated heterocycles. The summed E-state index contributed by atoms with van der Waals surface area (Å²) < 4.78 is 41.9. The van der Waals surface area contributed by atoms with Crippen LogP contribution in [0.15, 0.2) is 47.7 Å². The van der Waals surface area contributed by atoms with E-state index in [1.807, 2.05) is 20.8 Å². The predicted octanol–water partition coefficient (Wildman–Crippen LogP) is 6.26. The number of benzene rings is 2. The number of amides is 1. The van der Waals surface area contributed by atoms with Crippen molar-refractivity contribution in [3.05, 3.63) is 75.7 Å². The molecule has 1 amide bonds. The third-order valence-electron chi connectivity index (χ3n) is 5.44. The van der Waals surface area contributed by atoms with Gasteiger partial charge in [-0.3, -0.25) is 4.79 Å². The van der Waals surface area contributed by atoms with Gasteiger partial charge in [0.1, 0.15) is 11.5 Å². The molecule has 2 rings (SSSR count). The number of nitrogens with zero attached hydrogens (tertiary/aromatic N) is 2.